The molecule has 0 fully saturated rings. The zero-order valence-electron chi connectivity index (χ0n) is 10.5. The molecular weight excluding hydrogens is 256 g/mol. The van der Waals surface area contributed by atoms with Crippen LogP contribution >= 0.6 is 0 Å². The van der Waals surface area contributed by atoms with Crippen molar-refractivity contribution in [2.45, 2.75) is 37.1 Å². The second kappa shape index (κ2) is 6.01. The topological polar surface area (TPSA) is 88.4 Å². The van der Waals surface area contributed by atoms with E-state index in [2.05, 4.69) is 4.72 Å². The second-order valence-corrected chi connectivity index (χ2v) is 6.03. The van der Waals surface area contributed by atoms with Gasteiger partial charge in [0.25, 0.3) is 0 Å². The number of nitrogens with one attached hydrogen (secondary N) is 1. The third-order valence-corrected chi connectivity index (χ3v) is 4.07. The van der Waals surface area contributed by atoms with Gasteiger partial charge in [-0.25, -0.2) is 13.1 Å². The summed E-state index contributed by atoms with van der Waals surface area (Å²) in [7, 11) is -1.76. The molecule has 0 aliphatic rings. The van der Waals surface area contributed by atoms with Gasteiger partial charge in [-0.3, -0.25) is 4.79 Å². The van der Waals surface area contributed by atoms with Crippen molar-refractivity contribution in [3.05, 3.63) is 18.5 Å². The summed E-state index contributed by atoms with van der Waals surface area (Å²) in [5, 5.41) is 8.50. The monoisotopic (exact) mass is 274 g/mol. The molecular formula is C11H18N2O4S. The number of carboxylic acids is 1. The molecule has 18 heavy (non-hydrogen) atoms. The van der Waals surface area contributed by atoms with E-state index in [0.29, 0.717) is 12.8 Å². The largest absolute Gasteiger partial charge is 0.481 e. The Balaban J connectivity index is 2.53. The molecule has 0 spiro atoms. The van der Waals surface area contributed by atoms with Gasteiger partial charge in [0.1, 0.15) is 0 Å². The molecule has 0 aromatic carbocycles. The summed E-state index contributed by atoms with van der Waals surface area (Å²) in [6, 6.07) is 1.24. The van der Waals surface area contributed by atoms with E-state index in [9.17, 15) is 13.2 Å². The first-order valence-corrected chi connectivity index (χ1v) is 7.15. The third-order valence-electron chi connectivity index (χ3n) is 2.50. The maximum absolute atomic E-state index is 11.9. The van der Waals surface area contributed by atoms with E-state index in [1.807, 2.05) is 0 Å². The van der Waals surface area contributed by atoms with Gasteiger partial charge in [-0.1, -0.05) is 0 Å². The number of sulfonamides is 1. The molecule has 6 nitrogen and oxygen atoms in total. The molecule has 1 heterocycles. The number of carboxylic acid groups (broad SMARTS) is 1. The molecule has 1 aromatic heterocycles. The number of carbonyl (C=O) groups is 1. The van der Waals surface area contributed by atoms with Gasteiger partial charge >= 0.3 is 5.97 Å². The van der Waals surface area contributed by atoms with Gasteiger partial charge in [0.05, 0.1) is 4.90 Å². The van der Waals surface area contributed by atoms with Crippen LogP contribution in [-0.4, -0.2) is 30.1 Å². The summed E-state index contributed by atoms with van der Waals surface area (Å²) in [5.41, 5.74) is 0. The molecule has 0 saturated carbocycles. The van der Waals surface area contributed by atoms with Gasteiger partial charge in [-0.15, -0.1) is 0 Å². The minimum Gasteiger partial charge on any atom is -0.481 e. The first-order chi connectivity index (χ1) is 8.31. The quantitative estimate of drug-likeness (QED) is 0.774. The number of aliphatic carboxylic acids is 1. The van der Waals surface area contributed by atoms with Crippen LogP contribution in [0.3, 0.4) is 0 Å². The standard InChI is InChI=1S/C11H18N2O4S/c1-9(4-3-5-11(14)15)12-18(16,17)10-6-7-13(2)8-10/h6-9,12H,3-5H2,1-2H3,(H,14,15). The van der Waals surface area contributed by atoms with E-state index < -0.39 is 16.0 Å². The molecule has 1 unspecified atom stereocenters. The fourth-order valence-electron chi connectivity index (χ4n) is 1.59. The highest BCUT2D eigenvalue weighted by Gasteiger charge is 2.18. The lowest BCUT2D eigenvalue weighted by molar-refractivity contribution is -0.137. The van der Waals surface area contributed by atoms with Crippen molar-refractivity contribution < 1.29 is 18.3 Å². The zero-order valence-corrected chi connectivity index (χ0v) is 11.3. The molecule has 0 saturated heterocycles. The van der Waals surface area contributed by atoms with Crippen LogP contribution < -0.4 is 4.72 Å². The zero-order chi connectivity index (χ0) is 13.8. The third kappa shape index (κ3) is 4.50. The summed E-state index contributed by atoms with van der Waals surface area (Å²) in [6.07, 6.45) is 4.18. The van der Waals surface area contributed by atoms with E-state index in [1.165, 1.54) is 12.3 Å². The molecule has 102 valence electrons. The number of nitrogens with zero attached hydrogens (tertiary/aromatic N) is 1. The van der Waals surface area contributed by atoms with Crippen LogP contribution in [-0.2, 0) is 21.9 Å². The number of aromatic nitrogens is 1. The Kier molecular flexibility index (Phi) is 4.92. The van der Waals surface area contributed by atoms with Crippen molar-refractivity contribution in [1.29, 1.82) is 0 Å². The van der Waals surface area contributed by atoms with E-state index >= 15 is 0 Å². The fraction of sp³-hybridized carbons (Fsp3) is 0.545. The predicted molar refractivity (Wildman–Crippen MR) is 66.7 cm³/mol. The molecule has 1 aromatic rings. The summed E-state index contributed by atoms with van der Waals surface area (Å²) in [5.74, 6) is -0.867. The summed E-state index contributed by atoms with van der Waals surface area (Å²) in [6.45, 7) is 1.72. The molecule has 0 aliphatic heterocycles. The number of hydrogen-bond donors (Lipinski definition) is 2. The smallest absolute Gasteiger partial charge is 0.303 e. The van der Waals surface area contributed by atoms with Crippen LogP contribution in [0, 0.1) is 0 Å². The Morgan fingerprint density at radius 1 is 1.56 bits per heavy atom. The lowest BCUT2D eigenvalue weighted by atomic mass is 10.1. The van der Waals surface area contributed by atoms with Gasteiger partial charge in [0, 0.05) is 31.9 Å². The Labute approximate surface area is 107 Å². The van der Waals surface area contributed by atoms with Crippen LogP contribution in [0.4, 0.5) is 0 Å². The van der Waals surface area contributed by atoms with Gasteiger partial charge in [-0.05, 0) is 25.8 Å². The molecule has 0 radical (unpaired) electrons. The van der Waals surface area contributed by atoms with Gasteiger partial charge in [0.15, 0.2) is 0 Å². The Bertz CT molecular complexity index is 507. The van der Waals surface area contributed by atoms with Crippen LogP contribution in [0.15, 0.2) is 23.4 Å². The Morgan fingerprint density at radius 2 is 2.22 bits per heavy atom. The van der Waals surface area contributed by atoms with Gasteiger partial charge in [-0.2, -0.15) is 0 Å². The number of rotatable bonds is 7. The molecule has 0 bridgehead atoms. The highest BCUT2D eigenvalue weighted by atomic mass is 32.2. The van der Waals surface area contributed by atoms with Gasteiger partial charge in [0.2, 0.25) is 10.0 Å². The van der Waals surface area contributed by atoms with Crippen LogP contribution in [0.25, 0.3) is 0 Å². The number of hydrogen-bond acceptors (Lipinski definition) is 3. The summed E-state index contributed by atoms with van der Waals surface area (Å²) < 4.78 is 28.0. The van der Waals surface area contributed by atoms with Crippen molar-refractivity contribution in [3.63, 3.8) is 0 Å². The summed E-state index contributed by atoms with van der Waals surface area (Å²) >= 11 is 0. The Morgan fingerprint density at radius 3 is 2.72 bits per heavy atom. The van der Waals surface area contributed by atoms with E-state index in [-0.39, 0.29) is 17.4 Å². The summed E-state index contributed by atoms with van der Waals surface area (Å²) in [4.78, 5) is 10.6. The molecule has 2 N–H and O–H groups in total. The SMILES string of the molecule is CC(CCCC(=O)O)NS(=O)(=O)c1ccn(C)c1. The van der Waals surface area contributed by atoms with Crippen molar-refractivity contribution in [2.24, 2.45) is 7.05 Å². The number of aryl methyl sites for hydroxylation is 1. The van der Waals surface area contributed by atoms with Crippen molar-refractivity contribution in [1.82, 2.24) is 9.29 Å². The van der Waals surface area contributed by atoms with E-state index in [4.69, 9.17) is 5.11 Å². The van der Waals surface area contributed by atoms with E-state index in [0.717, 1.165) is 0 Å². The first-order valence-electron chi connectivity index (χ1n) is 5.67. The maximum atomic E-state index is 11.9. The average Bonchev–Trinajstić information content (AvgIpc) is 2.64. The minimum absolute atomic E-state index is 0.0530. The van der Waals surface area contributed by atoms with Crippen LogP contribution in [0.1, 0.15) is 26.2 Å². The minimum atomic E-state index is -3.51. The highest BCUT2D eigenvalue weighted by Crippen LogP contribution is 2.10. The predicted octanol–water partition coefficient (Wildman–Crippen LogP) is 0.947. The first kappa shape index (κ1) is 14.7. The molecule has 1 rings (SSSR count). The highest BCUT2D eigenvalue weighted by molar-refractivity contribution is 7.89. The molecule has 1 atom stereocenters. The van der Waals surface area contributed by atoms with Crippen LogP contribution in [0.5, 0.6) is 0 Å². The van der Waals surface area contributed by atoms with Crippen LogP contribution in [0.2, 0.25) is 0 Å². The molecule has 7 heteroatoms. The molecule has 0 amide bonds. The second-order valence-electron chi connectivity index (χ2n) is 4.32. The average molecular weight is 274 g/mol. The maximum Gasteiger partial charge on any atom is 0.303 e. The Hall–Kier alpha value is -1.34. The van der Waals surface area contributed by atoms with Crippen molar-refractivity contribution >= 4 is 16.0 Å². The fourth-order valence-corrected chi connectivity index (χ4v) is 2.92. The van der Waals surface area contributed by atoms with Gasteiger partial charge < -0.3 is 9.67 Å². The normalized spacial score (nSPS) is 13.4. The molecule has 0 aliphatic carbocycles. The lowest BCUT2D eigenvalue weighted by Crippen LogP contribution is -2.32. The lowest BCUT2D eigenvalue weighted by Gasteiger charge is -2.12. The van der Waals surface area contributed by atoms with Crippen molar-refractivity contribution in [3.8, 4) is 0 Å². The van der Waals surface area contributed by atoms with Crippen molar-refractivity contribution in [2.75, 3.05) is 0 Å². The van der Waals surface area contributed by atoms with E-state index in [1.54, 1.807) is 24.7 Å².